The van der Waals surface area contributed by atoms with E-state index >= 15 is 0 Å². The van der Waals surface area contributed by atoms with Crippen molar-refractivity contribution in [3.63, 3.8) is 0 Å². The van der Waals surface area contributed by atoms with E-state index in [-0.39, 0.29) is 41.5 Å². The minimum atomic E-state index is -3.96. The van der Waals surface area contributed by atoms with Crippen LogP contribution in [0.15, 0.2) is 57.9 Å². The summed E-state index contributed by atoms with van der Waals surface area (Å²) in [5.41, 5.74) is 3.27. The molecule has 9 nitrogen and oxygen atoms in total. The molecule has 0 saturated heterocycles. The third-order valence-corrected chi connectivity index (χ3v) is 8.22. The normalized spacial score (nSPS) is 13.0. The van der Waals surface area contributed by atoms with Crippen LogP contribution in [0.1, 0.15) is 50.4 Å². The molecule has 3 aromatic rings. The second-order valence-corrected chi connectivity index (χ2v) is 11.0. The Morgan fingerprint density at radius 1 is 1.05 bits per heavy atom. The van der Waals surface area contributed by atoms with E-state index in [0.717, 1.165) is 12.0 Å². The number of hydrogen-bond donors (Lipinski definition) is 2. The third-order valence-electron chi connectivity index (χ3n) is 6.84. The van der Waals surface area contributed by atoms with Crippen molar-refractivity contribution in [3.8, 4) is 11.1 Å². The Labute approximate surface area is 224 Å². The molecule has 2 N–H and O–H groups in total. The number of anilines is 1. The highest BCUT2D eigenvalue weighted by molar-refractivity contribution is 7.92. The van der Waals surface area contributed by atoms with Crippen molar-refractivity contribution in [2.24, 2.45) is 5.92 Å². The van der Waals surface area contributed by atoms with Gasteiger partial charge in [0.05, 0.1) is 10.6 Å². The van der Waals surface area contributed by atoms with Crippen LogP contribution >= 0.6 is 0 Å². The maximum absolute atomic E-state index is 13.3. The molecule has 0 aliphatic rings. The standard InChI is InChI=1S/C28H36N4O5S/c1-7-18(3)26(27(34)29-6)32(25(33)8-2)17-21-13-15-22(16-14-21)23-11-9-10-12-24(23)38(35,36)31-28-19(4)20(5)30-37-28/h9-16,18,26,31H,7-8,17H2,1-6H3,(H,29,34)/t18-,26-/m0/s1. The van der Waals surface area contributed by atoms with Crippen LogP contribution in [0.3, 0.4) is 0 Å². The van der Waals surface area contributed by atoms with Crippen LogP contribution in [0.2, 0.25) is 0 Å². The van der Waals surface area contributed by atoms with Crippen molar-refractivity contribution < 1.29 is 22.5 Å². The molecule has 0 aliphatic carbocycles. The minimum Gasteiger partial charge on any atom is -0.357 e. The molecule has 1 heterocycles. The zero-order valence-corrected chi connectivity index (χ0v) is 23.6. The van der Waals surface area contributed by atoms with Crippen LogP contribution in [0.25, 0.3) is 11.1 Å². The molecule has 0 spiro atoms. The fourth-order valence-corrected chi connectivity index (χ4v) is 5.51. The smallest absolute Gasteiger partial charge is 0.264 e. The van der Waals surface area contributed by atoms with E-state index in [9.17, 15) is 18.0 Å². The number of benzene rings is 2. The van der Waals surface area contributed by atoms with Gasteiger partial charge in [0.25, 0.3) is 10.0 Å². The highest BCUT2D eigenvalue weighted by Gasteiger charge is 2.32. The number of likely N-dealkylation sites (N-methyl/N-ethyl adjacent to an activating group) is 1. The molecule has 38 heavy (non-hydrogen) atoms. The zero-order valence-electron chi connectivity index (χ0n) is 22.7. The van der Waals surface area contributed by atoms with E-state index in [1.54, 1.807) is 50.9 Å². The summed E-state index contributed by atoms with van der Waals surface area (Å²) < 4.78 is 34.2. The Hall–Kier alpha value is -3.66. The van der Waals surface area contributed by atoms with Gasteiger partial charge in [-0.15, -0.1) is 0 Å². The highest BCUT2D eigenvalue weighted by Crippen LogP contribution is 2.30. The molecule has 0 radical (unpaired) electrons. The summed E-state index contributed by atoms with van der Waals surface area (Å²) in [6, 6.07) is 13.5. The first-order chi connectivity index (χ1) is 18.0. The summed E-state index contributed by atoms with van der Waals surface area (Å²) in [6.07, 6.45) is 1.03. The van der Waals surface area contributed by atoms with Gasteiger partial charge in [-0.2, -0.15) is 0 Å². The Bertz CT molecular complexity index is 1380. The molecule has 0 fully saturated rings. The Balaban J connectivity index is 1.92. The zero-order chi connectivity index (χ0) is 28.0. The maximum Gasteiger partial charge on any atom is 0.264 e. The van der Waals surface area contributed by atoms with Gasteiger partial charge in [-0.25, -0.2) is 13.1 Å². The first-order valence-electron chi connectivity index (χ1n) is 12.7. The van der Waals surface area contributed by atoms with Gasteiger partial charge in [0.15, 0.2) is 0 Å². The summed E-state index contributed by atoms with van der Waals surface area (Å²) in [5.74, 6) is -0.239. The number of aromatic nitrogens is 1. The predicted octanol–water partition coefficient (Wildman–Crippen LogP) is 4.66. The van der Waals surface area contributed by atoms with Gasteiger partial charge in [-0.3, -0.25) is 9.59 Å². The number of aryl methyl sites for hydroxylation is 1. The number of rotatable bonds is 11. The number of nitrogens with zero attached hydrogens (tertiary/aromatic N) is 2. The molecule has 1 aromatic heterocycles. The Morgan fingerprint density at radius 2 is 1.71 bits per heavy atom. The van der Waals surface area contributed by atoms with Gasteiger partial charge in [0, 0.05) is 31.1 Å². The molecule has 2 aromatic carbocycles. The molecule has 0 unspecified atom stereocenters. The van der Waals surface area contributed by atoms with Crippen LogP contribution in [0.4, 0.5) is 5.88 Å². The van der Waals surface area contributed by atoms with E-state index in [0.29, 0.717) is 22.4 Å². The van der Waals surface area contributed by atoms with E-state index in [1.807, 2.05) is 38.1 Å². The molecule has 2 amide bonds. The number of hydrogen-bond acceptors (Lipinski definition) is 6. The van der Waals surface area contributed by atoms with Crippen molar-refractivity contribution in [3.05, 3.63) is 65.4 Å². The molecular weight excluding hydrogens is 504 g/mol. The topological polar surface area (TPSA) is 122 Å². The van der Waals surface area contributed by atoms with E-state index < -0.39 is 16.1 Å². The number of carbonyl (C=O) groups excluding carboxylic acids is 2. The third kappa shape index (κ3) is 6.24. The summed E-state index contributed by atoms with van der Waals surface area (Å²) in [7, 11) is -2.39. The second-order valence-electron chi connectivity index (χ2n) is 9.34. The second kappa shape index (κ2) is 12.3. The monoisotopic (exact) mass is 540 g/mol. The van der Waals surface area contributed by atoms with E-state index in [2.05, 4.69) is 15.2 Å². The Morgan fingerprint density at radius 3 is 2.26 bits per heavy atom. The van der Waals surface area contributed by atoms with Gasteiger partial charge < -0.3 is 14.7 Å². The fourth-order valence-electron chi connectivity index (χ4n) is 4.24. The lowest BCUT2D eigenvalue weighted by atomic mass is 9.95. The fraction of sp³-hybridized carbons (Fsp3) is 0.393. The average Bonchev–Trinajstić information content (AvgIpc) is 3.23. The van der Waals surface area contributed by atoms with Crippen LogP contribution in [0, 0.1) is 19.8 Å². The van der Waals surface area contributed by atoms with Gasteiger partial charge in [-0.1, -0.05) is 74.8 Å². The first-order valence-corrected chi connectivity index (χ1v) is 14.2. The van der Waals surface area contributed by atoms with Gasteiger partial charge in [-0.05, 0) is 37.0 Å². The molecule has 0 bridgehead atoms. The van der Waals surface area contributed by atoms with Crippen LogP contribution in [0.5, 0.6) is 0 Å². The van der Waals surface area contributed by atoms with Crippen LogP contribution < -0.4 is 10.0 Å². The SMILES string of the molecule is CCC(=O)N(Cc1ccc(-c2ccccc2S(=O)(=O)Nc2onc(C)c2C)cc1)[C@H](C(=O)NC)[C@@H](C)CC. The van der Waals surface area contributed by atoms with Crippen molar-refractivity contribution in [1.29, 1.82) is 0 Å². The molecule has 0 aliphatic heterocycles. The molecular formula is C28H36N4O5S. The number of nitrogens with one attached hydrogen (secondary N) is 2. The molecule has 0 saturated carbocycles. The lowest BCUT2D eigenvalue weighted by Gasteiger charge is -2.34. The largest absolute Gasteiger partial charge is 0.357 e. The maximum atomic E-state index is 13.3. The summed E-state index contributed by atoms with van der Waals surface area (Å²) in [4.78, 5) is 27.3. The number of amides is 2. The molecule has 2 atom stereocenters. The van der Waals surface area contributed by atoms with Crippen molar-refractivity contribution >= 4 is 27.7 Å². The summed E-state index contributed by atoms with van der Waals surface area (Å²) in [5, 5.41) is 6.51. The number of sulfonamides is 1. The first kappa shape index (κ1) is 28.9. The van der Waals surface area contributed by atoms with Gasteiger partial charge in [0.2, 0.25) is 17.7 Å². The van der Waals surface area contributed by atoms with Crippen LogP contribution in [-0.2, 0) is 26.2 Å². The molecule has 10 heteroatoms. The lowest BCUT2D eigenvalue weighted by molar-refractivity contribution is -0.142. The van der Waals surface area contributed by atoms with Crippen molar-refractivity contribution in [2.45, 2.75) is 64.9 Å². The van der Waals surface area contributed by atoms with Crippen LogP contribution in [-0.4, -0.2) is 43.4 Å². The quantitative estimate of drug-likeness (QED) is 0.365. The Kier molecular flexibility index (Phi) is 9.32. The average molecular weight is 541 g/mol. The van der Waals surface area contributed by atoms with Gasteiger partial charge in [0.1, 0.15) is 6.04 Å². The lowest BCUT2D eigenvalue weighted by Crippen LogP contribution is -2.51. The number of carbonyl (C=O) groups is 2. The predicted molar refractivity (Wildman–Crippen MR) is 147 cm³/mol. The van der Waals surface area contributed by atoms with Gasteiger partial charge >= 0.3 is 0 Å². The summed E-state index contributed by atoms with van der Waals surface area (Å²) >= 11 is 0. The van der Waals surface area contributed by atoms with Crippen molar-refractivity contribution in [1.82, 2.24) is 15.4 Å². The van der Waals surface area contributed by atoms with Crippen molar-refractivity contribution in [2.75, 3.05) is 11.8 Å². The molecule has 3 rings (SSSR count). The molecule has 204 valence electrons. The minimum absolute atomic E-state index is 0.0221. The summed E-state index contributed by atoms with van der Waals surface area (Å²) in [6.45, 7) is 9.48. The highest BCUT2D eigenvalue weighted by atomic mass is 32.2. The van der Waals surface area contributed by atoms with E-state index in [1.165, 1.54) is 6.07 Å². The van der Waals surface area contributed by atoms with E-state index in [4.69, 9.17) is 4.52 Å².